The quantitative estimate of drug-likeness (QED) is 0.587. The van der Waals surface area contributed by atoms with Gasteiger partial charge in [0.25, 0.3) is 0 Å². The van der Waals surface area contributed by atoms with Crippen LogP contribution in [0, 0.1) is 0 Å². The van der Waals surface area contributed by atoms with Crippen LogP contribution < -0.4 is 4.90 Å². The molecule has 5 heteroatoms. The molecule has 0 bridgehead atoms. The van der Waals surface area contributed by atoms with E-state index >= 15 is 0 Å². The van der Waals surface area contributed by atoms with Gasteiger partial charge in [0.1, 0.15) is 0 Å². The van der Waals surface area contributed by atoms with Crippen molar-refractivity contribution in [2.45, 2.75) is 44.6 Å². The first kappa shape index (κ1) is 22.0. The highest BCUT2D eigenvalue weighted by Gasteiger charge is 2.28. The summed E-state index contributed by atoms with van der Waals surface area (Å²) in [7, 11) is 1.38. The van der Waals surface area contributed by atoms with E-state index in [0.29, 0.717) is 12.8 Å². The molecule has 3 rings (SSSR count). The van der Waals surface area contributed by atoms with Crippen LogP contribution in [0.3, 0.4) is 0 Å². The van der Waals surface area contributed by atoms with Crippen molar-refractivity contribution in [2.75, 3.05) is 31.6 Å². The van der Waals surface area contributed by atoms with E-state index in [1.54, 1.807) is 0 Å². The van der Waals surface area contributed by atoms with Crippen molar-refractivity contribution in [1.82, 2.24) is 4.90 Å². The second-order valence-corrected chi connectivity index (χ2v) is 7.84. The van der Waals surface area contributed by atoms with Gasteiger partial charge < -0.3 is 14.5 Å². The summed E-state index contributed by atoms with van der Waals surface area (Å²) in [4.78, 5) is 28.9. The lowest BCUT2D eigenvalue weighted by molar-refractivity contribution is -0.140. The number of likely N-dealkylation sites (tertiary alicyclic amines) is 1. The molecule has 2 aromatic carbocycles. The number of carbonyl (C=O) groups excluding carboxylic acids is 2. The number of benzene rings is 2. The molecule has 1 heterocycles. The summed E-state index contributed by atoms with van der Waals surface area (Å²) in [6, 6.07) is 20.7. The van der Waals surface area contributed by atoms with Crippen LogP contribution in [0.2, 0.25) is 0 Å². The Hall–Kier alpha value is -2.66. The van der Waals surface area contributed by atoms with Crippen molar-refractivity contribution >= 4 is 17.6 Å². The van der Waals surface area contributed by atoms with Gasteiger partial charge in [0.05, 0.1) is 7.11 Å². The molecule has 1 fully saturated rings. The average molecular weight is 409 g/mol. The number of amides is 1. The first-order chi connectivity index (χ1) is 14.7. The molecule has 1 saturated heterocycles. The van der Waals surface area contributed by atoms with E-state index in [4.69, 9.17) is 4.74 Å². The van der Waals surface area contributed by atoms with Gasteiger partial charge in [0.2, 0.25) is 5.91 Å². The van der Waals surface area contributed by atoms with Crippen LogP contribution in [0.1, 0.15) is 37.7 Å². The topological polar surface area (TPSA) is 49.9 Å². The zero-order valence-electron chi connectivity index (χ0n) is 17.8. The Morgan fingerprint density at radius 3 is 2.23 bits per heavy atom. The van der Waals surface area contributed by atoms with Crippen LogP contribution in [0.4, 0.5) is 5.69 Å². The molecule has 1 aliphatic heterocycles. The summed E-state index contributed by atoms with van der Waals surface area (Å²) >= 11 is 0. The van der Waals surface area contributed by atoms with E-state index in [-0.39, 0.29) is 24.3 Å². The number of para-hydroxylation sites is 1. The first-order valence-electron chi connectivity index (χ1n) is 10.9. The van der Waals surface area contributed by atoms with Gasteiger partial charge in [-0.15, -0.1) is 0 Å². The van der Waals surface area contributed by atoms with Crippen LogP contribution in [0.15, 0.2) is 60.7 Å². The summed E-state index contributed by atoms with van der Waals surface area (Å²) in [6.45, 7) is 3.04. The van der Waals surface area contributed by atoms with Crippen LogP contribution in [0.25, 0.3) is 0 Å². The Balaban J connectivity index is 1.56. The molecule has 0 spiro atoms. The highest BCUT2D eigenvalue weighted by Crippen LogP contribution is 2.25. The maximum Gasteiger partial charge on any atom is 0.305 e. The van der Waals surface area contributed by atoms with Gasteiger partial charge in [-0.1, -0.05) is 48.5 Å². The molecule has 0 radical (unpaired) electrons. The fourth-order valence-corrected chi connectivity index (χ4v) is 4.09. The van der Waals surface area contributed by atoms with Gasteiger partial charge in [-0.2, -0.15) is 0 Å². The van der Waals surface area contributed by atoms with Crippen molar-refractivity contribution < 1.29 is 14.3 Å². The number of hydrogen-bond donors (Lipinski definition) is 0. The molecule has 0 aliphatic carbocycles. The summed E-state index contributed by atoms with van der Waals surface area (Å²) in [6.07, 6.45) is 4.14. The summed E-state index contributed by atoms with van der Waals surface area (Å²) in [5.74, 6) is -0.173. The Morgan fingerprint density at radius 1 is 0.967 bits per heavy atom. The smallest absolute Gasteiger partial charge is 0.305 e. The average Bonchev–Trinajstić information content (AvgIpc) is 2.80. The number of rotatable bonds is 9. The minimum atomic E-state index is -0.263. The van der Waals surface area contributed by atoms with Gasteiger partial charge in [0.15, 0.2) is 0 Å². The maximum absolute atomic E-state index is 13.1. The fraction of sp³-hybridized carbons (Fsp3) is 0.440. The van der Waals surface area contributed by atoms with E-state index in [1.165, 1.54) is 12.7 Å². The number of nitrogens with zero attached hydrogens (tertiary/aromatic N) is 2. The van der Waals surface area contributed by atoms with Crippen molar-refractivity contribution in [1.29, 1.82) is 0 Å². The standard InChI is InChI=1S/C25H32N2O3/c1-30-25(29)14-8-13-24(28)27(22-11-6-3-7-12-22)23-16-19-26(20-17-23)18-15-21-9-4-2-5-10-21/h2-7,9-12,23H,8,13-20H2,1H3. The lowest BCUT2D eigenvalue weighted by Crippen LogP contribution is -2.48. The number of esters is 1. The second-order valence-electron chi connectivity index (χ2n) is 7.84. The van der Waals surface area contributed by atoms with Gasteiger partial charge in [-0.3, -0.25) is 9.59 Å². The Bertz CT molecular complexity index is 787. The van der Waals surface area contributed by atoms with Gasteiger partial charge in [-0.05, 0) is 43.4 Å². The number of hydrogen-bond acceptors (Lipinski definition) is 4. The third kappa shape index (κ3) is 6.42. The molecule has 160 valence electrons. The lowest BCUT2D eigenvalue weighted by atomic mass is 10.0. The lowest BCUT2D eigenvalue weighted by Gasteiger charge is -2.38. The molecule has 1 aliphatic rings. The van der Waals surface area contributed by atoms with E-state index in [2.05, 4.69) is 35.2 Å². The molecule has 0 saturated carbocycles. The molecule has 0 atom stereocenters. The van der Waals surface area contributed by atoms with Crippen molar-refractivity contribution in [3.05, 3.63) is 66.2 Å². The predicted octanol–water partition coefficient (Wildman–Crippen LogP) is 4.07. The predicted molar refractivity (Wildman–Crippen MR) is 119 cm³/mol. The fourth-order valence-electron chi connectivity index (χ4n) is 4.09. The third-order valence-electron chi connectivity index (χ3n) is 5.78. The Kier molecular flexibility index (Phi) is 8.45. The zero-order chi connectivity index (χ0) is 21.2. The Labute approximate surface area is 179 Å². The molecule has 0 aromatic heterocycles. The number of ether oxygens (including phenoxy) is 1. The van der Waals surface area contributed by atoms with Gasteiger partial charge in [-0.25, -0.2) is 0 Å². The number of anilines is 1. The summed E-state index contributed by atoms with van der Waals surface area (Å²) in [5, 5.41) is 0. The molecule has 1 amide bonds. The van der Waals surface area contributed by atoms with Crippen LogP contribution >= 0.6 is 0 Å². The zero-order valence-corrected chi connectivity index (χ0v) is 17.8. The minimum absolute atomic E-state index is 0.0906. The minimum Gasteiger partial charge on any atom is -0.469 e. The number of carbonyl (C=O) groups is 2. The first-order valence-corrected chi connectivity index (χ1v) is 10.9. The summed E-state index contributed by atoms with van der Waals surface area (Å²) < 4.78 is 4.69. The second kappa shape index (κ2) is 11.5. The SMILES string of the molecule is COC(=O)CCCC(=O)N(c1ccccc1)C1CCN(CCc2ccccc2)CC1. The van der Waals surface area contributed by atoms with Crippen LogP contribution in [-0.2, 0) is 20.7 Å². The molecular formula is C25H32N2O3. The van der Waals surface area contributed by atoms with Crippen LogP contribution in [-0.4, -0.2) is 49.6 Å². The van der Waals surface area contributed by atoms with Crippen molar-refractivity contribution in [3.63, 3.8) is 0 Å². The third-order valence-corrected chi connectivity index (χ3v) is 5.78. The molecular weight excluding hydrogens is 376 g/mol. The van der Waals surface area contributed by atoms with Gasteiger partial charge >= 0.3 is 5.97 Å². The van der Waals surface area contributed by atoms with Gasteiger partial charge in [0, 0.05) is 44.2 Å². The highest BCUT2D eigenvalue weighted by molar-refractivity contribution is 5.94. The van der Waals surface area contributed by atoms with Crippen LogP contribution in [0.5, 0.6) is 0 Å². The van der Waals surface area contributed by atoms with E-state index < -0.39 is 0 Å². The number of methoxy groups -OCH3 is 1. The van der Waals surface area contributed by atoms with E-state index in [1.807, 2.05) is 35.2 Å². The molecule has 2 aromatic rings. The molecule has 5 nitrogen and oxygen atoms in total. The maximum atomic E-state index is 13.1. The number of piperidine rings is 1. The molecule has 30 heavy (non-hydrogen) atoms. The monoisotopic (exact) mass is 408 g/mol. The highest BCUT2D eigenvalue weighted by atomic mass is 16.5. The van der Waals surface area contributed by atoms with Crippen molar-refractivity contribution in [3.8, 4) is 0 Å². The van der Waals surface area contributed by atoms with Crippen molar-refractivity contribution in [2.24, 2.45) is 0 Å². The van der Waals surface area contributed by atoms with E-state index in [0.717, 1.165) is 44.6 Å². The molecule has 0 N–H and O–H groups in total. The largest absolute Gasteiger partial charge is 0.469 e. The molecule has 0 unspecified atom stereocenters. The summed E-state index contributed by atoms with van der Waals surface area (Å²) in [5.41, 5.74) is 2.31. The normalized spacial score (nSPS) is 15.0. The Morgan fingerprint density at radius 2 is 1.60 bits per heavy atom. The van der Waals surface area contributed by atoms with E-state index in [9.17, 15) is 9.59 Å².